The number of hydrogen-bond donors (Lipinski definition) is 0. The normalized spacial score (nSPS) is 22.5. The van der Waals surface area contributed by atoms with Gasteiger partial charge in [-0.3, -0.25) is 14.6 Å². The number of para-hydroxylation sites is 1. The van der Waals surface area contributed by atoms with Crippen LogP contribution in [0.2, 0.25) is 0 Å². The number of benzene rings is 1. The summed E-state index contributed by atoms with van der Waals surface area (Å²) < 4.78 is 12.1. The van der Waals surface area contributed by atoms with Crippen LogP contribution in [0.5, 0.6) is 5.75 Å². The van der Waals surface area contributed by atoms with Crippen LogP contribution >= 0.6 is 0 Å². The summed E-state index contributed by atoms with van der Waals surface area (Å²) in [6.45, 7) is 3.75. The fraction of sp³-hybridized carbons (Fsp3) is 0.480. The molecule has 170 valence electrons. The van der Waals surface area contributed by atoms with E-state index in [9.17, 15) is 9.59 Å². The molecule has 1 fully saturated rings. The van der Waals surface area contributed by atoms with E-state index in [2.05, 4.69) is 11.1 Å². The summed E-state index contributed by atoms with van der Waals surface area (Å²) in [5, 5.41) is 0. The second kappa shape index (κ2) is 9.69. The maximum Gasteiger partial charge on any atom is 0.272 e. The highest BCUT2D eigenvalue weighted by Gasteiger charge is 2.46. The van der Waals surface area contributed by atoms with Gasteiger partial charge in [0.25, 0.3) is 11.8 Å². The number of aryl methyl sites for hydroxylation is 2. The van der Waals surface area contributed by atoms with Gasteiger partial charge in [-0.1, -0.05) is 24.3 Å². The van der Waals surface area contributed by atoms with Crippen molar-refractivity contribution in [1.29, 1.82) is 0 Å². The van der Waals surface area contributed by atoms with E-state index >= 15 is 0 Å². The molecule has 2 aromatic rings. The average molecular weight is 438 g/mol. The summed E-state index contributed by atoms with van der Waals surface area (Å²) in [6.07, 6.45) is 4.81. The van der Waals surface area contributed by atoms with Crippen molar-refractivity contribution >= 4 is 11.8 Å². The first-order chi connectivity index (χ1) is 15.5. The highest BCUT2D eigenvalue weighted by atomic mass is 16.5. The van der Waals surface area contributed by atoms with Gasteiger partial charge in [0, 0.05) is 19.8 Å². The Morgan fingerprint density at radius 1 is 1.09 bits per heavy atom. The van der Waals surface area contributed by atoms with Crippen LogP contribution in [0.15, 0.2) is 42.6 Å². The van der Waals surface area contributed by atoms with Crippen molar-refractivity contribution in [2.24, 2.45) is 0 Å². The molecule has 0 radical (unpaired) electrons. The fourth-order valence-electron chi connectivity index (χ4n) is 4.52. The average Bonchev–Trinajstić information content (AvgIpc) is 2.81. The minimum atomic E-state index is -1.04. The van der Waals surface area contributed by atoms with E-state index in [0.717, 1.165) is 30.6 Å². The molecule has 0 saturated carbocycles. The van der Waals surface area contributed by atoms with E-state index in [-0.39, 0.29) is 18.4 Å². The Kier molecular flexibility index (Phi) is 6.74. The first kappa shape index (κ1) is 22.3. The van der Waals surface area contributed by atoms with Crippen molar-refractivity contribution in [2.75, 3.05) is 39.9 Å². The molecule has 32 heavy (non-hydrogen) atoms. The van der Waals surface area contributed by atoms with Crippen LogP contribution in [-0.4, -0.2) is 72.1 Å². The molecule has 1 aromatic carbocycles. The lowest BCUT2D eigenvalue weighted by Gasteiger charge is -2.43. The number of ether oxygens (including phenoxy) is 2. The fourth-order valence-corrected chi connectivity index (χ4v) is 4.52. The van der Waals surface area contributed by atoms with Gasteiger partial charge in [-0.25, -0.2) is 0 Å². The molecular weight excluding hydrogens is 406 g/mol. The van der Waals surface area contributed by atoms with Crippen molar-refractivity contribution in [1.82, 2.24) is 14.8 Å². The topological polar surface area (TPSA) is 72.0 Å². The number of pyridine rings is 1. The van der Waals surface area contributed by atoms with Gasteiger partial charge in [-0.2, -0.15) is 0 Å². The van der Waals surface area contributed by atoms with Gasteiger partial charge in [-0.15, -0.1) is 0 Å². The first-order valence-electron chi connectivity index (χ1n) is 11.3. The molecule has 0 bridgehead atoms. The zero-order valence-electron chi connectivity index (χ0n) is 18.9. The number of likely N-dealkylation sites (N-methyl/N-ethyl adjacent to an activating group) is 1. The third kappa shape index (κ3) is 4.63. The maximum absolute atomic E-state index is 13.5. The number of carbonyl (C=O) groups is 2. The number of fused-ring (bicyclic) bond motifs is 1. The zero-order valence-corrected chi connectivity index (χ0v) is 18.9. The van der Waals surface area contributed by atoms with E-state index < -0.39 is 5.60 Å². The molecule has 2 amide bonds. The Morgan fingerprint density at radius 3 is 2.78 bits per heavy atom. The van der Waals surface area contributed by atoms with Crippen LogP contribution in [-0.2, 0) is 16.0 Å². The summed E-state index contributed by atoms with van der Waals surface area (Å²) in [4.78, 5) is 34.4. The first-order valence-corrected chi connectivity index (χ1v) is 11.3. The Hall–Kier alpha value is -2.93. The van der Waals surface area contributed by atoms with Crippen LogP contribution in [0.25, 0.3) is 0 Å². The quantitative estimate of drug-likeness (QED) is 0.686. The zero-order chi connectivity index (χ0) is 22.6. The maximum atomic E-state index is 13.5. The van der Waals surface area contributed by atoms with E-state index in [0.29, 0.717) is 38.4 Å². The van der Waals surface area contributed by atoms with Crippen LogP contribution < -0.4 is 4.74 Å². The van der Waals surface area contributed by atoms with E-state index in [4.69, 9.17) is 9.47 Å². The molecule has 0 N–H and O–H groups in total. The minimum Gasteiger partial charge on any atom is -0.491 e. The highest BCUT2D eigenvalue weighted by molar-refractivity contribution is 5.95. The predicted octanol–water partition coefficient (Wildman–Crippen LogP) is 2.87. The molecule has 2 aliphatic rings. The van der Waals surface area contributed by atoms with Gasteiger partial charge in [0.05, 0.1) is 19.7 Å². The second-order valence-electron chi connectivity index (χ2n) is 8.63. The molecule has 1 unspecified atom stereocenters. The Balaban J connectivity index is 1.55. The van der Waals surface area contributed by atoms with Crippen molar-refractivity contribution in [2.45, 2.75) is 38.2 Å². The lowest BCUT2D eigenvalue weighted by molar-refractivity contribution is -0.169. The largest absolute Gasteiger partial charge is 0.491 e. The Bertz CT molecular complexity index is 979. The molecule has 1 saturated heterocycles. The molecular formula is C25H31N3O4. The van der Waals surface area contributed by atoms with Gasteiger partial charge in [-0.05, 0) is 55.9 Å². The predicted molar refractivity (Wildman–Crippen MR) is 121 cm³/mol. The third-order valence-corrected chi connectivity index (χ3v) is 6.36. The van der Waals surface area contributed by atoms with Crippen LogP contribution in [0.3, 0.4) is 0 Å². The van der Waals surface area contributed by atoms with Gasteiger partial charge < -0.3 is 19.3 Å². The number of carbonyl (C=O) groups excluding carboxylic acids is 2. The molecule has 1 aromatic heterocycles. The Labute approximate surface area is 189 Å². The highest BCUT2D eigenvalue weighted by Crippen LogP contribution is 2.30. The number of amides is 2. The molecule has 3 heterocycles. The van der Waals surface area contributed by atoms with E-state index in [1.807, 2.05) is 37.3 Å². The number of nitrogens with zero attached hydrogens (tertiary/aromatic N) is 3. The molecule has 7 nitrogen and oxygen atoms in total. The van der Waals surface area contributed by atoms with Crippen LogP contribution in [0.1, 0.15) is 40.9 Å². The number of hydrogen-bond acceptors (Lipinski definition) is 5. The van der Waals surface area contributed by atoms with Gasteiger partial charge >= 0.3 is 0 Å². The lowest BCUT2D eigenvalue weighted by atomic mass is 9.91. The minimum absolute atomic E-state index is 0.0924. The number of aromatic nitrogens is 1. The molecule has 4 rings (SSSR count). The molecule has 1 spiro atoms. The summed E-state index contributed by atoms with van der Waals surface area (Å²) in [6, 6.07) is 11.8. The number of morpholine rings is 1. The number of rotatable bonds is 1. The molecule has 7 heteroatoms. The lowest BCUT2D eigenvalue weighted by Crippen LogP contribution is -2.61. The SMILES string of the molecule is Cc1cccnc1C(=O)N1CCOC2(CCCCc3ccccc3OCCN(C)C2=O)C1. The standard InChI is InChI=1S/C25H31N3O4/c1-19-8-7-13-26-22(19)23(29)28-15-17-32-25(18-28)12-6-5-10-20-9-3-4-11-21(20)31-16-14-27(2)24(25)30/h3-4,7-9,11,13H,5-6,10,12,14-18H2,1-2H3. The van der Waals surface area contributed by atoms with E-state index in [1.165, 1.54) is 5.56 Å². The summed E-state index contributed by atoms with van der Waals surface area (Å²) in [5.41, 5.74) is 1.41. The smallest absolute Gasteiger partial charge is 0.272 e. The van der Waals surface area contributed by atoms with Gasteiger partial charge in [0.2, 0.25) is 0 Å². The molecule has 0 aliphatic carbocycles. The van der Waals surface area contributed by atoms with Gasteiger partial charge in [0.15, 0.2) is 5.60 Å². The monoisotopic (exact) mass is 437 g/mol. The van der Waals surface area contributed by atoms with Crippen LogP contribution in [0, 0.1) is 6.92 Å². The van der Waals surface area contributed by atoms with Crippen molar-refractivity contribution in [3.63, 3.8) is 0 Å². The van der Waals surface area contributed by atoms with Crippen molar-refractivity contribution < 1.29 is 19.1 Å². The second-order valence-corrected chi connectivity index (χ2v) is 8.63. The van der Waals surface area contributed by atoms with Crippen molar-refractivity contribution in [3.05, 3.63) is 59.4 Å². The van der Waals surface area contributed by atoms with Crippen molar-refractivity contribution in [3.8, 4) is 5.75 Å². The molecule has 1 atom stereocenters. The van der Waals surface area contributed by atoms with Gasteiger partial charge in [0.1, 0.15) is 18.1 Å². The summed E-state index contributed by atoms with van der Waals surface area (Å²) in [7, 11) is 1.78. The molecule has 2 aliphatic heterocycles. The third-order valence-electron chi connectivity index (χ3n) is 6.36. The summed E-state index contributed by atoms with van der Waals surface area (Å²) in [5.74, 6) is 0.648. The Morgan fingerprint density at radius 2 is 1.94 bits per heavy atom. The summed E-state index contributed by atoms with van der Waals surface area (Å²) >= 11 is 0. The van der Waals surface area contributed by atoms with Crippen LogP contribution in [0.4, 0.5) is 0 Å². The van der Waals surface area contributed by atoms with E-state index in [1.54, 1.807) is 23.0 Å².